The molecule has 5 rings (SSSR count). The maximum Gasteiger partial charge on any atom is 0.222 e. The predicted octanol–water partition coefficient (Wildman–Crippen LogP) is 6.85. The first-order valence-corrected chi connectivity index (χ1v) is 16.1. The maximum atomic E-state index is 13.2. The number of hydrogen-bond donors (Lipinski definition) is 1. The first kappa shape index (κ1) is 33.5. The second-order valence-corrected chi connectivity index (χ2v) is 12.0. The van der Waals surface area contributed by atoms with Crippen molar-refractivity contribution in [2.24, 2.45) is 5.92 Å². The molecule has 4 aromatic carbocycles. The van der Waals surface area contributed by atoms with E-state index in [0.29, 0.717) is 32.8 Å². The largest absolute Gasteiger partial charge is 0.374 e. The van der Waals surface area contributed by atoms with Gasteiger partial charge in [0.2, 0.25) is 5.91 Å². The summed E-state index contributed by atoms with van der Waals surface area (Å²) in [7, 11) is 0. The molecule has 1 saturated heterocycles. The molecule has 1 aliphatic heterocycles. The first-order chi connectivity index (χ1) is 22.5. The minimum absolute atomic E-state index is 0.109. The average Bonchev–Trinajstić information content (AvgIpc) is 3.08. The summed E-state index contributed by atoms with van der Waals surface area (Å²) in [5.41, 5.74) is 4.12. The molecule has 46 heavy (non-hydrogen) atoms. The van der Waals surface area contributed by atoms with Crippen molar-refractivity contribution in [3.63, 3.8) is 0 Å². The van der Waals surface area contributed by atoms with Crippen LogP contribution in [0, 0.1) is 5.92 Å². The Kier molecular flexibility index (Phi) is 12.9. The molecule has 0 aromatic heterocycles. The lowest BCUT2D eigenvalue weighted by Gasteiger charge is -2.46. The molecule has 7 nitrogen and oxygen atoms in total. The summed E-state index contributed by atoms with van der Waals surface area (Å²) < 4.78 is 32.9. The van der Waals surface area contributed by atoms with Crippen LogP contribution in [0.2, 0.25) is 0 Å². The SMILES string of the molecule is CC(C)CC(=O)N[C@H]1O[C@H](COCc2ccccc2)[C@@H](OCc2ccccc2)[C@H](OCc2ccccc2)[C@H]1OCc1ccccc1. The number of hydrogen-bond acceptors (Lipinski definition) is 6. The molecule has 1 aliphatic rings. The van der Waals surface area contributed by atoms with Gasteiger partial charge in [0.25, 0.3) is 0 Å². The van der Waals surface area contributed by atoms with Gasteiger partial charge in [-0.3, -0.25) is 4.79 Å². The van der Waals surface area contributed by atoms with E-state index in [2.05, 4.69) is 5.32 Å². The fourth-order valence-electron chi connectivity index (χ4n) is 5.49. The Hall–Kier alpha value is -3.85. The van der Waals surface area contributed by atoms with Gasteiger partial charge in [-0.25, -0.2) is 0 Å². The predicted molar refractivity (Wildman–Crippen MR) is 177 cm³/mol. The molecular weight excluding hydrogens is 578 g/mol. The second-order valence-electron chi connectivity index (χ2n) is 12.0. The third-order valence-corrected chi connectivity index (χ3v) is 7.78. The van der Waals surface area contributed by atoms with Gasteiger partial charge in [0.15, 0.2) is 6.23 Å². The van der Waals surface area contributed by atoms with Crippen LogP contribution in [0.1, 0.15) is 42.5 Å². The standard InChI is InChI=1S/C39H45NO6/c1-29(2)23-35(41)40-39-38(45-27-33-21-13-6-14-22-33)37(44-26-32-19-11-5-12-20-32)36(43-25-31-17-9-4-10-18-31)34(46-39)28-42-24-30-15-7-3-8-16-30/h3-22,29,34,36-39H,23-28H2,1-2H3,(H,40,41)/t34-,36-,37+,38-,39+/m1/s1. The Balaban J connectivity index is 1.45. The molecule has 242 valence electrons. The third kappa shape index (κ3) is 10.3. The Morgan fingerprint density at radius 2 is 1.02 bits per heavy atom. The smallest absolute Gasteiger partial charge is 0.222 e. The van der Waals surface area contributed by atoms with E-state index in [1.807, 2.05) is 135 Å². The molecule has 0 radical (unpaired) electrons. The molecule has 5 atom stereocenters. The zero-order valence-corrected chi connectivity index (χ0v) is 26.7. The minimum atomic E-state index is -0.780. The minimum Gasteiger partial charge on any atom is -0.374 e. The molecule has 7 heteroatoms. The Morgan fingerprint density at radius 1 is 0.609 bits per heavy atom. The zero-order chi connectivity index (χ0) is 32.0. The summed E-state index contributed by atoms with van der Waals surface area (Å²) in [6.45, 7) is 5.70. The highest BCUT2D eigenvalue weighted by Gasteiger charge is 2.49. The van der Waals surface area contributed by atoms with E-state index in [1.165, 1.54) is 0 Å². The summed E-state index contributed by atoms with van der Waals surface area (Å²) in [6.07, 6.45) is -2.77. The fraction of sp³-hybridized carbons (Fsp3) is 0.359. The maximum absolute atomic E-state index is 13.2. The molecule has 0 bridgehead atoms. The summed E-state index contributed by atoms with van der Waals surface area (Å²) in [6, 6.07) is 40.0. The first-order valence-electron chi connectivity index (χ1n) is 16.1. The van der Waals surface area contributed by atoms with Crippen molar-refractivity contribution in [2.75, 3.05) is 6.61 Å². The summed E-state index contributed by atoms with van der Waals surface area (Å²) in [4.78, 5) is 13.2. The highest BCUT2D eigenvalue weighted by molar-refractivity contribution is 5.76. The molecule has 0 spiro atoms. The topological polar surface area (TPSA) is 75.3 Å². The second kappa shape index (κ2) is 17.7. The van der Waals surface area contributed by atoms with Crippen LogP contribution in [-0.2, 0) is 54.9 Å². The van der Waals surface area contributed by atoms with Crippen LogP contribution in [0.3, 0.4) is 0 Å². The van der Waals surface area contributed by atoms with Crippen LogP contribution >= 0.6 is 0 Å². The van der Waals surface area contributed by atoms with Crippen LogP contribution in [-0.4, -0.2) is 43.2 Å². The van der Waals surface area contributed by atoms with Gasteiger partial charge in [0.05, 0.1) is 33.0 Å². The van der Waals surface area contributed by atoms with Crippen molar-refractivity contribution in [1.29, 1.82) is 0 Å². The van der Waals surface area contributed by atoms with Gasteiger partial charge in [0, 0.05) is 6.42 Å². The van der Waals surface area contributed by atoms with Crippen LogP contribution in [0.15, 0.2) is 121 Å². The summed E-state index contributed by atoms with van der Waals surface area (Å²) in [5.74, 6) is 0.0760. The van der Waals surface area contributed by atoms with E-state index in [0.717, 1.165) is 22.3 Å². The van der Waals surface area contributed by atoms with E-state index in [1.54, 1.807) is 0 Å². The van der Waals surface area contributed by atoms with Gasteiger partial charge in [-0.2, -0.15) is 0 Å². The Morgan fingerprint density at radius 3 is 1.48 bits per heavy atom. The van der Waals surface area contributed by atoms with Crippen molar-refractivity contribution in [1.82, 2.24) is 5.32 Å². The molecule has 1 heterocycles. The van der Waals surface area contributed by atoms with E-state index in [4.69, 9.17) is 23.7 Å². The average molecular weight is 624 g/mol. The van der Waals surface area contributed by atoms with E-state index in [-0.39, 0.29) is 18.4 Å². The molecule has 0 unspecified atom stereocenters. The number of carbonyl (C=O) groups is 1. The van der Waals surface area contributed by atoms with Crippen molar-refractivity contribution in [3.8, 4) is 0 Å². The van der Waals surface area contributed by atoms with Crippen molar-refractivity contribution in [3.05, 3.63) is 144 Å². The molecule has 0 saturated carbocycles. The van der Waals surface area contributed by atoms with Crippen molar-refractivity contribution in [2.45, 2.75) is 77.3 Å². The zero-order valence-electron chi connectivity index (χ0n) is 26.7. The van der Waals surface area contributed by atoms with Gasteiger partial charge in [-0.1, -0.05) is 135 Å². The molecule has 1 N–H and O–H groups in total. The lowest BCUT2D eigenvalue weighted by Crippen LogP contribution is -2.65. The Bertz CT molecular complexity index is 1420. The fourth-order valence-corrected chi connectivity index (χ4v) is 5.49. The summed E-state index contributed by atoms with van der Waals surface area (Å²) in [5, 5.41) is 3.12. The lowest BCUT2D eigenvalue weighted by molar-refractivity contribution is -0.277. The third-order valence-electron chi connectivity index (χ3n) is 7.78. The van der Waals surface area contributed by atoms with Gasteiger partial charge in [0.1, 0.15) is 24.4 Å². The van der Waals surface area contributed by atoms with Crippen molar-refractivity contribution < 1.29 is 28.5 Å². The van der Waals surface area contributed by atoms with Crippen LogP contribution in [0.25, 0.3) is 0 Å². The van der Waals surface area contributed by atoms with Crippen LogP contribution < -0.4 is 5.32 Å². The number of carbonyl (C=O) groups excluding carboxylic acids is 1. The van der Waals surface area contributed by atoms with Gasteiger partial charge < -0.3 is 29.0 Å². The highest BCUT2D eigenvalue weighted by atomic mass is 16.6. The number of amides is 1. The van der Waals surface area contributed by atoms with Crippen molar-refractivity contribution >= 4 is 5.91 Å². The molecule has 4 aromatic rings. The number of benzene rings is 4. The molecular formula is C39H45NO6. The normalized spacial score (nSPS) is 21.2. The van der Waals surface area contributed by atoms with Crippen LogP contribution in [0.5, 0.6) is 0 Å². The van der Waals surface area contributed by atoms with E-state index in [9.17, 15) is 4.79 Å². The molecule has 0 aliphatic carbocycles. The van der Waals surface area contributed by atoms with E-state index < -0.39 is 30.6 Å². The lowest BCUT2D eigenvalue weighted by atomic mass is 9.96. The number of rotatable bonds is 16. The van der Waals surface area contributed by atoms with Gasteiger partial charge >= 0.3 is 0 Å². The highest BCUT2D eigenvalue weighted by Crippen LogP contribution is 2.30. The number of nitrogens with one attached hydrogen (secondary N) is 1. The Labute approximate surface area is 272 Å². The molecule has 1 fully saturated rings. The monoisotopic (exact) mass is 623 g/mol. The van der Waals surface area contributed by atoms with Crippen LogP contribution in [0.4, 0.5) is 0 Å². The van der Waals surface area contributed by atoms with Gasteiger partial charge in [-0.05, 0) is 28.2 Å². The quantitative estimate of drug-likeness (QED) is 0.147. The van der Waals surface area contributed by atoms with E-state index >= 15 is 0 Å². The summed E-state index contributed by atoms with van der Waals surface area (Å²) >= 11 is 0. The molecule has 1 amide bonds. The number of ether oxygens (including phenoxy) is 5. The van der Waals surface area contributed by atoms with Gasteiger partial charge in [-0.15, -0.1) is 0 Å².